The van der Waals surface area contributed by atoms with Crippen LogP contribution in [0.2, 0.25) is 0 Å². The maximum atomic E-state index is 14.2. The van der Waals surface area contributed by atoms with Crippen LogP contribution in [0.1, 0.15) is 49.3 Å². The van der Waals surface area contributed by atoms with E-state index in [2.05, 4.69) is 0 Å². The molecule has 7 heteroatoms. The Morgan fingerprint density at radius 3 is 1.46 bits per heavy atom. The van der Waals surface area contributed by atoms with Crippen LogP contribution in [0.25, 0.3) is 0 Å². The Kier molecular flexibility index (Phi) is 7.33. The molecule has 0 saturated carbocycles. The van der Waals surface area contributed by atoms with Gasteiger partial charge in [-0.1, -0.05) is 61.4 Å². The summed E-state index contributed by atoms with van der Waals surface area (Å²) >= 11 is 0. The number of amides is 2. The molecule has 2 unspecified atom stereocenters. The van der Waals surface area contributed by atoms with E-state index in [4.69, 9.17) is 14.9 Å². The van der Waals surface area contributed by atoms with Gasteiger partial charge in [0.15, 0.2) is 0 Å². The van der Waals surface area contributed by atoms with Crippen molar-refractivity contribution in [3.8, 4) is 5.75 Å². The second-order valence-electron chi connectivity index (χ2n) is 10.1. The summed E-state index contributed by atoms with van der Waals surface area (Å²) in [6.07, 6.45) is 1.18. The van der Waals surface area contributed by atoms with E-state index in [1.807, 2.05) is 100 Å². The van der Waals surface area contributed by atoms with Crippen molar-refractivity contribution in [2.45, 2.75) is 46.5 Å². The molecule has 0 bridgehead atoms. The van der Waals surface area contributed by atoms with Crippen molar-refractivity contribution in [3.05, 3.63) is 89.5 Å². The van der Waals surface area contributed by atoms with E-state index in [0.29, 0.717) is 18.6 Å². The molecule has 2 atom stereocenters. The van der Waals surface area contributed by atoms with Gasteiger partial charge in [0.05, 0.1) is 41.7 Å². The molecular weight excluding hydrogens is 488 g/mol. The molecule has 0 saturated heterocycles. The van der Waals surface area contributed by atoms with Gasteiger partial charge in [-0.2, -0.15) is 10.2 Å². The number of hydrazone groups is 2. The fourth-order valence-electron chi connectivity index (χ4n) is 5.48. The van der Waals surface area contributed by atoms with Gasteiger partial charge in [-0.05, 0) is 68.7 Å². The van der Waals surface area contributed by atoms with Crippen LogP contribution in [0.5, 0.6) is 5.75 Å². The topological polar surface area (TPSA) is 74.6 Å². The minimum atomic E-state index is -0.603. The molecule has 0 aromatic heterocycles. The third kappa shape index (κ3) is 4.85. The summed E-state index contributed by atoms with van der Waals surface area (Å²) in [4.78, 5) is 28.3. The number of methoxy groups -OCH3 is 1. The molecule has 2 aliphatic heterocycles. The summed E-state index contributed by atoms with van der Waals surface area (Å²) in [7, 11) is 1.62. The van der Waals surface area contributed by atoms with E-state index in [0.717, 1.165) is 39.5 Å². The Bertz CT molecular complexity index is 1340. The third-order valence-corrected chi connectivity index (χ3v) is 7.62. The maximum absolute atomic E-state index is 14.2. The molecule has 0 radical (unpaired) electrons. The molecule has 2 heterocycles. The zero-order valence-corrected chi connectivity index (χ0v) is 23.1. The normalized spacial score (nSPS) is 19.8. The fourth-order valence-corrected chi connectivity index (χ4v) is 5.48. The predicted molar refractivity (Wildman–Crippen MR) is 155 cm³/mol. The number of carbonyl (C=O) groups excluding carboxylic acids is 2. The zero-order valence-electron chi connectivity index (χ0n) is 23.1. The summed E-state index contributed by atoms with van der Waals surface area (Å²) in [6, 6.07) is 23.2. The van der Waals surface area contributed by atoms with Gasteiger partial charge in [0.1, 0.15) is 5.75 Å². The van der Waals surface area contributed by atoms with Crippen LogP contribution in [0, 0.1) is 25.7 Å². The molecule has 2 amide bonds. The molecule has 39 heavy (non-hydrogen) atoms. The number of nitrogens with zero attached hydrogens (tertiary/aromatic N) is 4. The predicted octanol–water partition coefficient (Wildman–Crippen LogP) is 6.25. The molecule has 3 aromatic carbocycles. The van der Waals surface area contributed by atoms with E-state index in [1.54, 1.807) is 7.11 Å². The number of anilines is 2. The average molecular weight is 523 g/mol. The van der Waals surface area contributed by atoms with Crippen LogP contribution in [0.4, 0.5) is 11.4 Å². The summed E-state index contributed by atoms with van der Waals surface area (Å²) < 4.78 is 5.40. The van der Waals surface area contributed by atoms with Crippen molar-refractivity contribution in [1.29, 1.82) is 0 Å². The van der Waals surface area contributed by atoms with Gasteiger partial charge in [0.2, 0.25) is 0 Å². The number of hydrogen-bond acceptors (Lipinski definition) is 5. The van der Waals surface area contributed by atoms with Crippen LogP contribution >= 0.6 is 0 Å². The van der Waals surface area contributed by atoms with Crippen LogP contribution in [0.3, 0.4) is 0 Å². The summed E-state index contributed by atoms with van der Waals surface area (Å²) in [6.45, 7) is 8.03. The first-order chi connectivity index (χ1) is 18.9. The second kappa shape index (κ2) is 10.8. The van der Waals surface area contributed by atoms with Gasteiger partial charge in [-0.3, -0.25) is 9.59 Å². The monoisotopic (exact) mass is 522 g/mol. The Balaban J connectivity index is 1.60. The van der Waals surface area contributed by atoms with Crippen molar-refractivity contribution in [3.63, 3.8) is 0 Å². The minimum Gasteiger partial charge on any atom is -0.497 e. The minimum absolute atomic E-state index is 0.131. The van der Waals surface area contributed by atoms with Gasteiger partial charge >= 0.3 is 0 Å². The SMILES string of the molecule is CCC1=NN(c2ccc(C)cc2)C(=O)C1C(c1ccc(OC)cc1)C1C(=O)N(c2ccc(C)cc2)N=C1CC. The molecule has 5 rings (SSSR count). The Labute approximate surface area is 229 Å². The number of benzene rings is 3. The van der Waals surface area contributed by atoms with Crippen LogP contribution < -0.4 is 14.8 Å². The molecule has 7 nitrogen and oxygen atoms in total. The fraction of sp³-hybridized carbons (Fsp3) is 0.312. The first-order valence-electron chi connectivity index (χ1n) is 13.5. The highest BCUT2D eigenvalue weighted by Crippen LogP contribution is 2.44. The van der Waals surface area contributed by atoms with Gasteiger partial charge < -0.3 is 4.74 Å². The number of hydrogen-bond donors (Lipinski definition) is 0. The van der Waals surface area contributed by atoms with Crippen molar-refractivity contribution in [2.75, 3.05) is 17.1 Å². The molecule has 200 valence electrons. The van der Waals surface area contributed by atoms with Crippen LogP contribution in [-0.4, -0.2) is 30.3 Å². The largest absolute Gasteiger partial charge is 0.497 e. The lowest BCUT2D eigenvalue weighted by molar-refractivity contribution is -0.122. The molecule has 2 aliphatic rings. The lowest BCUT2D eigenvalue weighted by Gasteiger charge is -2.29. The quantitative estimate of drug-likeness (QED) is 0.351. The lowest BCUT2D eigenvalue weighted by atomic mass is 9.71. The third-order valence-electron chi connectivity index (χ3n) is 7.62. The number of rotatable bonds is 8. The Morgan fingerprint density at radius 2 is 1.10 bits per heavy atom. The van der Waals surface area contributed by atoms with E-state index in [1.165, 1.54) is 10.0 Å². The number of aryl methyl sites for hydroxylation is 2. The smallest absolute Gasteiger partial charge is 0.256 e. The first kappa shape index (κ1) is 26.4. The van der Waals surface area contributed by atoms with Crippen LogP contribution in [0.15, 0.2) is 83.0 Å². The molecule has 3 aromatic rings. The maximum Gasteiger partial charge on any atom is 0.256 e. The molecular formula is C32H34N4O3. The van der Waals surface area contributed by atoms with Gasteiger partial charge in [-0.15, -0.1) is 0 Å². The summed E-state index contributed by atoms with van der Waals surface area (Å²) in [5, 5.41) is 12.6. The highest BCUT2D eigenvalue weighted by atomic mass is 16.5. The molecule has 0 N–H and O–H groups in total. The van der Waals surface area contributed by atoms with Crippen molar-refractivity contribution >= 4 is 34.6 Å². The van der Waals surface area contributed by atoms with Crippen molar-refractivity contribution in [1.82, 2.24) is 0 Å². The standard InChI is InChI=1S/C32H34N4O3/c1-6-26-29(31(37)35(33-26)23-14-8-20(3)9-15-23)28(22-12-18-25(39-5)19-13-22)30-27(7-2)34-36(32(30)38)24-16-10-21(4)11-17-24/h8-19,28-30H,6-7H2,1-5H3. The number of ether oxygens (including phenoxy) is 1. The van der Waals surface area contributed by atoms with E-state index < -0.39 is 17.8 Å². The highest BCUT2D eigenvalue weighted by Gasteiger charge is 2.51. The summed E-state index contributed by atoms with van der Waals surface area (Å²) in [5.74, 6) is -1.23. The highest BCUT2D eigenvalue weighted by molar-refractivity contribution is 6.20. The van der Waals surface area contributed by atoms with Crippen LogP contribution in [-0.2, 0) is 9.59 Å². The number of carbonyl (C=O) groups is 2. The molecule has 0 spiro atoms. The van der Waals surface area contributed by atoms with E-state index in [9.17, 15) is 9.59 Å². The lowest BCUT2D eigenvalue weighted by Crippen LogP contribution is -2.40. The average Bonchev–Trinajstić information content (AvgIpc) is 3.47. The van der Waals surface area contributed by atoms with Gasteiger partial charge in [-0.25, -0.2) is 10.0 Å². The van der Waals surface area contributed by atoms with Gasteiger partial charge in [0, 0.05) is 5.92 Å². The Morgan fingerprint density at radius 1 is 0.692 bits per heavy atom. The first-order valence-corrected chi connectivity index (χ1v) is 13.5. The molecule has 0 aliphatic carbocycles. The van der Waals surface area contributed by atoms with Crippen molar-refractivity contribution < 1.29 is 14.3 Å². The van der Waals surface area contributed by atoms with Gasteiger partial charge in [0.25, 0.3) is 11.8 Å². The Hall–Kier alpha value is -4.26. The van der Waals surface area contributed by atoms with E-state index >= 15 is 0 Å². The van der Waals surface area contributed by atoms with E-state index in [-0.39, 0.29) is 11.8 Å². The molecule has 0 fully saturated rings. The van der Waals surface area contributed by atoms with Crippen molar-refractivity contribution in [2.24, 2.45) is 22.0 Å². The zero-order chi connectivity index (χ0) is 27.7. The second-order valence-corrected chi connectivity index (χ2v) is 10.1. The summed E-state index contributed by atoms with van der Waals surface area (Å²) in [5.41, 5.74) is 6.05.